The second kappa shape index (κ2) is 6.84. The van der Waals surface area contributed by atoms with Crippen molar-refractivity contribution in [3.8, 4) is 0 Å². The van der Waals surface area contributed by atoms with E-state index in [4.69, 9.17) is 28.9 Å². The predicted octanol–water partition coefficient (Wildman–Crippen LogP) is 4.29. The number of carbonyl (C=O) groups excluding carboxylic acids is 1. The number of hydrogen-bond acceptors (Lipinski definition) is 5. The minimum absolute atomic E-state index is 0.135. The fourth-order valence-electron chi connectivity index (χ4n) is 2.10. The minimum Gasteiger partial charge on any atom is -0.354 e. The lowest BCUT2D eigenvalue weighted by Crippen LogP contribution is -2.30. The van der Waals surface area contributed by atoms with E-state index >= 15 is 0 Å². The average Bonchev–Trinajstić information content (AvgIpc) is 2.80. The molecule has 0 bridgehead atoms. The van der Waals surface area contributed by atoms with Crippen LogP contribution in [0.15, 0.2) is 59.3 Å². The van der Waals surface area contributed by atoms with E-state index in [1.807, 2.05) is 30.3 Å². The van der Waals surface area contributed by atoms with Gasteiger partial charge in [0, 0.05) is 5.69 Å². The zero-order chi connectivity index (χ0) is 16.4. The molecule has 1 aliphatic rings. The molecule has 0 amide bonds. The largest absolute Gasteiger partial charge is 0.354 e. The molecular formula is C16H13Cl2N3OS. The molecular weight excluding hydrogens is 353 g/mol. The van der Waals surface area contributed by atoms with E-state index in [1.165, 1.54) is 0 Å². The van der Waals surface area contributed by atoms with Crippen LogP contribution in [0.5, 0.6) is 0 Å². The van der Waals surface area contributed by atoms with Crippen LogP contribution in [0.1, 0.15) is 0 Å². The van der Waals surface area contributed by atoms with Crippen molar-refractivity contribution < 1.29 is 4.79 Å². The lowest BCUT2D eigenvalue weighted by atomic mass is 10.2. The molecule has 23 heavy (non-hydrogen) atoms. The summed E-state index contributed by atoms with van der Waals surface area (Å²) in [7, 11) is 0. The quantitative estimate of drug-likeness (QED) is 0.753. The molecule has 4 nitrogen and oxygen atoms in total. The molecule has 0 radical (unpaired) electrons. The molecule has 118 valence electrons. The molecule has 0 saturated heterocycles. The van der Waals surface area contributed by atoms with Crippen LogP contribution >= 0.6 is 35.0 Å². The van der Waals surface area contributed by atoms with Crippen LogP contribution < -0.4 is 16.4 Å². The number of benzene rings is 2. The summed E-state index contributed by atoms with van der Waals surface area (Å²) in [6.45, 7) is 0. The van der Waals surface area contributed by atoms with Gasteiger partial charge in [0.25, 0.3) is 0 Å². The van der Waals surface area contributed by atoms with Crippen LogP contribution in [0.3, 0.4) is 0 Å². The van der Waals surface area contributed by atoms with Crippen LogP contribution in [0.2, 0.25) is 10.0 Å². The van der Waals surface area contributed by atoms with E-state index in [-0.39, 0.29) is 5.12 Å². The molecule has 1 aliphatic heterocycles. The summed E-state index contributed by atoms with van der Waals surface area (Å²) in [5.41, 5.74) is 8.05. The fourth-order valence-corrected chi connectivity index (χ4v) is 3.35. The van der Waals surface area contributed by atoms with E-state index in [2.05, 4.69) is 10.6 Å². The van der Waals surface area contributed by atoms with Gasteiger partial charge in [-0.2, -0.15) is 0 Å². The second-order valence-electron chi connectivity index (χ2n) is 4.86. The Balaban J connectivity index is 1.93. The number of nitrogens with one attached hydrogen (secondary N) is 2. The molecule has 4 N–H and O–H groups in total. The van der Waals surface area contributed by atoms with Crippen molar-refractivity contribution in [2.45, 2.75) is 6.04 Å². The summed E-state index contributed by atoms with van der Waals surface area (Å²) < 4.78 is 0. The van der Waals surface area contributed by atoms with Crippen molar-refractivity contribution in [3.63, 3.8) is 0 Å². The predicted molar refractivity (Wildman–Crippen MR) is 97.7 cm³/mol. The maximum absolute atomic E-state index is 12.0. The van der Waals surface area contributed by atoms with Crippen molar-refractivity contribution in [1.82, 2.24) is 0 Å². The Hall–Kier alpha value is -1.66. The number of thioether (sulfide) groups is 1. The van der Waals surface area contributed by atoms with E-state index in [1.54, 1.807) is 18.2 Å². The van der Waals surface area contributed by atoms with E-state index < -0.39 is 6.04 Å². The minimum atomic E-state index is -0.749. The smallest absolute Gasteiger partial charge is 0.217 e. The van der Waals surface area contributed by atoms with E-state index in [0.717, 1.165) is 17.4 Å². The van der Waals surface area contributed by atoms with Gasteiger partial charge in [-0.25, -0.2) is 0 Å². The van der Waals surface area contributed by atoms with Crippen molar-refractivity contribution in [1.29, 1.82) is 0 Å². The van der Waals surface area contributed by atoms with Gasteiger partial charge < -0.3 is 16.4 Å². The zero-order valence-electron chi connectivity index (χ0n) is 11.8. The number of halogens is 2. The highest BCUT2D eigenvalue weighted by Gasteiger charge is 2.32. The molecule has 7 heteroatoms. The second-order valence-corrected chi connectivity index (χ2v) is 6.66. The lowest BCUT2D eigenvalue weighted by Gasteiger charge is -2.15. The molecule has 0 aromatic heterocycles. The Kier molecular flexibility index (Phi) is 4.82. The molecule has 0 aliphatic carbocycles. The topological polar surface area (TPSA) is 67.2 Å². The van der Waals surface area contributed by atoms with Crippen LogP contribution in [0.25, 0.3) is 0 Å². The Morgan fingerprint density at radius 2 is 1.74 bits per heavy atom. The number of rotatable bonds is 4. The standard InChI is InChI=1S/C16H13Cl2N3OS/c17-10-7-4-8-11(12(10)18)21-14-13(19)16(22)23-15(14)20-9-5-2-1-3-6-9/h1-8,13,20-21H,19H2. The number of para-hydroxylation sites is 1. The molecule has 3 rings (SSSR count). The number of nitrogens with two attached hydrogens (primary N) is 1. The molecule has 2 aromatic rings. The highest BCUT2D eigenvalue weighted by atomic mass is 35.5. The van der Waals surface area contributed by atoms with Crippen LogP contribution in [-0.2, 0) is 4.79 Å². The van der Waals surface area contributed by atoms with Gasteiger partial charge in [0.15, 0.2) is 0 Å². The normalized spacial score (nSPS) is 17.5. The van der Waals surface area contributed by atoms with Crippen LogP contribution in [0.4, 0.5) is 11.4 Å². The summed E-state index contributed by atoms with van der Waals surface area (Å²) in [6, 6.07) is 14.1. The Morgan fingerprint density at radius 3 is 2.48 bits per heavy atom. The number of carbonyl (C=O) groups is 1. The monoisotopic (exact) mass is 365 g/mol. The van der Waals surface area contributed by atoms with Gasteiger partial charge in [0.2, 0.25) is 5.12 Å². The first-order valence-corrected chi connectivity index (χ1v) is 8.38. The van der Waals surface area contributed by atoms with Gasteiger partial charge in [0.1, 0.15) is 11.1 Å². The molecule has 0 spiro atoms. The van der Waals surface area contributed by atoms with Crippen molar-refractivity contribution in [2.24, 2.45) is 5.73 Å². The molecule has 1 heterocycles. The highest BCUT2D eigenvalue weighted by Crippen LogP contribution is 2.36. The Bertz CT molecular complexity index is 780. The Morgan fingerprint density at radius 1 is 1.00 bits per heavy atom. The molecule has 1 unspecified atom stereocenters. The molecule has 1 atom stereocenters. The molecule has 0 fully saturated rings. The molecule has 2 aromatic carbocycles. The Labute approximate surface area is 148 Å². The first-order chi connectivity index (χ1) is 11.1. The summed E-state index contributed by atoms with van der Waals surface area (Å²) >= 11 is 13.3. The SMILES string of the molecule is NC1C(=O)SC(Nc2ccccc2)=C1Nc1cccc(Cl)c1Cl. The van der Waals surface area contributed by atoms with Crippen molar-refractivity contribution >= 4 is 51.5 Å². The summed E-state index contributed by atoms with van der Waals surface area (Å²) in [5.74, 6) is 0. The number of anilines is 2. The maximum Gasteiger partial charge on any atom is 0.217 e. The third-order valence-corrected chi connectivity index (χ3v) is 5.06. The first kappa shape index (κ1) is 16.2. The van der Waals surface area contributed by atoms with Crippen LogP contribution in [-0.4, -0.2) is 11.2 Å². The maximum atomic E-state index is 12.0. The van der Waals surface area contributed by atoms with Gasteiger partial charge in [-0.15, -0.1) is 0 Å². The van der Waals surface area contributed by atoms with Gasteiger partial charge in [-0.1, -0.05) is 47.5 Å². The van der Waals surface area contributed by atoms with Gasteiger partial charge in [-0.05, 0) is 36.0 Å². The lowest BCUT2D eigenvalue weighted by molar-refractivity contribution is -0.111. The molecule has 0 saturated carbocycles. The number of hydrogen-bond donors (Lipinski definition) is 3. The average molecular weight is 366 g/mol. The summed E-state index contributed by atoms with van der Waals surface area (Å²) in [6.07, 6.45) is 0. The van der Waals surface area contributed by atoms with E-state index in [0.29, 0.717) is 26.5 Å². The van der Waals surface area contributed by atoms with Crippen molar-refractivity contribution in [2.75, 3.05) is 10.6 Å². The van der Waals surface area contributed by atoms with Gasteiger partial charge >= 0.3 is 0 Å². The third kappa shape index (κ3) is 3.48. The van der Waals surface area contributed by atoms with Crippen LogP contribution in [0, 0.1) is 0 Å². The first-order valence-electron chi connectivity index (χ1n) is 6.81. The van der Waals surface area contributed by atoms with Gasteiger partial charge in [0.05, 0.1) is 21.4 Å². The summed E-state index contributed by atoms with van der Waals surface area (Å²) in [4.78, 5) is 12.0. The van der Waals surface area contributed by atoms with Gasteiger partial charge in [-0.3, -0.25) is 4.79 Å². The van der Waals surface area contributed by atoms with Crippen molar-refractivity contribution in [3.05, 3.63) is 69.3 Å². The fraction of sp³-hybridized carbons (Fsp3) is 0.0625. The third-order valence-electron chi connectivity index (χ3n) is 3.26. The summed E-state index contributed by atoms with van der Waals surface area (Å²) in [5, 5.41) is 7.68. The zero-order valence-corrected chi connectivity index (χ0v) is 14.2. The van der Waals surface area contributed by atoms with E-state index in [9.17, 15) is 4.79 Å². The highest BCUT2D eigenvalue weighted by molar-refractivity contribution is 8.17.